The van der Waals surface area contributed by atoms with Crippen molar-refractivity contribution in [1.29, 1.82) is 0 Å². The SMILES string of the molecule is CC(C)(O)C(=O)c1ccc(C(OCC(O)COc2ccc(C(C)(C)c3ccc(OCC(O)COC(c4ccc(C(=O)C(C)(C)O)cc4)c4ccc(C(=O)C(C)(C)O)cc4)cc3)cc2)c2ccc(C(=O)C(C)(C)O)cc2)cc1. The van der Waals surface area contributed by atoms with Gasteiger partial charge >= 0.3 is 0 Å². The van der Waals surface area contributed by atoms with Gasteiger partial charge in [-0.15, -0.1) is 0 Å². The molecule has 0 amide bonds. The monoisotopic (exact) mass is 1050 g/mol. The van der Waals surface area contributed by atoms with Gasteiger partial charge in [0.1, 0.15) is 71.5 Å². The van der Waals surface area contributed by atoms with Crippen molar-refractivity contribution >= 4 is 23.1 Å². The predicted molar refractivity (Wildman–Crippen MR) is 292 cm³/mol. The van der Waals surface area contributed by atoms with Crippen LogP contribution in [0.2, 0.25) is 0 Å². The topological polar surface area (TPSA) is 227 Å². The average molecular weight is 1050 g/mol. The largest absolute Gasteiger partial charge is 0.491 e. The van der Waals surface area contributed by atoms with Crippen LogP contribution in [0.4, 0.5) is 0 Å². The van der Waals surface area contributed by atoms with Gasteiger partial charge in [-0.3, -0.25) is 19.2 Å². The maximum atomic E-state index is 12.7. The van der Waals surface area contributed by atoms with E-state index in [0.717, 1.165) is 11.1 Å². The van der Waals surface area contributed by atoms with Crippen molar-refractivity contribution in [2.75, 3.05) is 26.4 Å². The fraction of sp³-hybridized carbons (Fsp3) is 0.365. The van der Waals surface area contributed by atoms with Crippen LogP contribution in [0.25, 0.3) is 0 Å². The third-order valence-electron chi connectivity index (χ3n) is 13.1. The molecule has 0 bridgehead atoms. The molecular weight excluding hydrogens is 981 g/mol. The highest BCUT2D eigenvalue weighted by Crippen LogP contribution is 2.35. The first-order chi connectivity index (χ1) is 35.9. The molecule has 77 heavy (non-hydrogen) atoms. The number of carbonyl (C=O) groups excluding carboxylic acids is 4. The van der Waals surface area contributed by atoms with Gasteiger partial charge in [0.05, 0.1) is 13.2 Å². The summed E-state index contributed by atoms with van der Waals surface area (Å²) >= 11 is 0. The molecule has 0 spiro atoms. The molecule has 0 fully saturated rings. The molecule has 0 aliphatic heterocycles. The molecule has 0 aromatic heterocycles. The van der Waals surface area contributed by atoms with E-state index in [2.05, 4.69) is 13.8 Å². The zero-order valence-electron chi connectivity index (χ0n) is 45.4. The number of benzene rings is 6. The normalized spacial score (nSPS) is 13.3. The minimum Gasteiger partial charge on any atom is -0.491 e. The van der Waals surface area contributed by atoms with E-state index in [1.165, 1.54) is 55.4 Å². The molecule has 6 N–H and O–H groups in total. The van der Waals surface area contributed by atoms with Crippen LogP contribution >= 0.6 is 0 Å². The van der Waals surface area contributed by atoms with Gasteiger partial charge in [0.25, 0.3) is 0 Å². The van der Waals surface area contributed by atoms with Gasteiger partial charge in [0, 0.05) is 27.7 Å². The van der Waals surface area contributed by atoms with Gasteiger partial charge in [-0.1, -0.05) is 135 Å². The second-order valence-electron chi connectivity index (χ2n) is 22.1. The van der Waals surface area contributed by atoms with Crippen molar-refractivity contribution in [3.63, 3.8) is 0 Å². The van der Waals surface area contributed by atoms with Crippen LogP contribution in [-0.4, -0.2) is 115 Å². The molecule has 6 aromatic rings. The highest BCUT2D eigenvalue weighted by molar-refractivity contribution is 6.03. The molecule has 408 valence electrons. The zero-order valence-corrected chi connectivity index (χ0v) is 45.4. The molecule has 2 unspecified atom stereocenters. The molecule has 0 aliphatic carbocycles. The van der Waals surface area contributed by atoms with Crippen LogP contribution in [0.15, 0.2) is 146 Å². The van der Waals surface area contributed by atoms with E-state index < -0.39 is 75.4 Å². The first-order valence-electron chi connectivity index (χ1n) is 25.5. The molecule has 0 aliphatic rings. The molecule has 2 atom stereocenters. The van der Waals surface area contributed by atoms with Crippen molar-refractivity contribution < 1.29 is 68.8 Å². The molecule has 14 nitrogen and oxygen atoms in total. The number of carbonyl (C=O) groups is 4. The number of aliphatic hydroxyl groups excluding tert-OH is 2. The summed E-state index contributed by atoms with van der Waals surface area (Å²) in [5, 5.41) is 63.1. The Labute approximate surface area is 450 Å². The Morgan fingerprint density at radius 2 is 0.571 bits per heavy atom. The number of hydrogen-bond donors (Lipinski definition) is 6. The van der Waals surface area contributed by atoms with Crippen molar-refractivity contribution in [2.24, 2.45) is 0 Å². The van der Waals surface area contributed by atoms with E-state index in [1.54, 1.807) is 97.1 Å². The van der Waals surface area contributed by atoms with Crippen LogP contribution in [-0.2, 0) is 14.9 Å². The number of ether oxygens (including phenoxy) is 4. The summed E-state index contributed by atoms with van der Waals surface area (Å²) in [7, 11) is 0. The lowest BCUT2D eigenvalue weighted by Gasteiger charge is -2.27. The van der Waals surface area contributed by atoms with E-state index in [1.807, 2.05) is 48.5 Å². The standard InChI is InChI=1S/C63H72O14/c1-59(2,47-27-31-51(32-28-47)74-35-49(64)37-76-53(39-11-19-43(20-12-39)55(66)60(3,4)70)40-13-21-44(22-14-40)56(67)61(5,6)71)48-29-33-52(34-30-48)75-36-50(65)38-77-54(41-15-23-45(24-16-41)57(68)62(7,8)72)42-17-25-46(26-18-42)58(69)63(9,10)73/h11-34,49-50,53-54,64-65,70-73H,35-38H2,1-10H3. The second kappa shape index (κ2) is 24.3. The van der Waals surface area contributed by atoms with E-state index >= 15 is 0 Å². The molecule has 0 radical (unpaired) electrons. The highest BCUT2D eigenvalue weighted by Gasteiger charge is 2.30. The maximum absolute atomic E-state index is 12.7. The Balaban J connectivity index is 1.04. The summed E-state index contributed by atoms with van der Waals surface area (Å²) in [4.78, 5) is 50.9. The van der Waals surface area contributed by atoms with Crippen LogP contribution in [0.5, 0.6) is 11.5 Å². The first kappa shape index (κ1) is 59.5. The number of Topliss-reactive ketones (excluding diaryl/α,β-unsaturated/α-hetero) is 4. The minimum absolute atomic E-state index is 0.0833. The molecule has 0 saturated heterocycles. The zero-order chi connectivity index (χ0) is 56.7. The molecule has 6 aromatic carbocycles. The molecule has 6 rings (SSSR count). The van der Waals surface area contributed by atoms with Gasteiger partial charge in [-0.25, -0.2) is 0 Å². The second-order valence-corrected chi connectivity index (χ2v) is 22.1. The van der Waals surface area contributed by atoms with E-state index in [-0.39, 0.29) is 26.4 Å². The van der Waals surface area contributed by atoms with Crippen molar-refractivity contribution in [3.05, 3.63) is 201 Å². The summed E-state index contributed by atoms with van der Waals surface area (Å²) < 4.78 is 24.5. The molecular formula is C63H72O14. The van der Waals surface area contributed by atoms with E-state index in [9.17, 15) is 49.8 Å². The van der Waals surface area contributed by atoms with Gasteiger partial charge in [0.15, 0.2) is 23.1 Å². The average Bonchev–Trinajstić information content (AvgIpc) is 3.39. The van der Waals surface area contributed by atoms with E-state index in [4.69, 9.17) is 18.9 Å². The molecule has 0 saturated carbocycles. The Morgan fingerprint density at radius 1 is 0.351 bits per heavy atom. The predicted octanol–water partition coefficient (Wildman–Crippen LogP) is 8.92. The Hall–Kier alpha value is -6.72. The van der Waals surface area contributed by atoms with Crippen LogP contribution in [0.1, 0.15) is 156 Å². The fourth-order valence-electron chi connectivity index (χ4n) is 8.42. The minimum atomic E-state index is -1.56. The fourth-order valence-corrected chi connectivity index (χ4v) is 8.42. The maximum Gasteiger partial charge on any atom is 0.193 e. The van der Waals surface area contributed by atoms with Crippen molar-refractivity contribution in [2.45, 2.75) is 121 Å². The quantitative estimate of drug-likeness (QED) is 0.0279. The third kappa shape index (κ3) is 15.7. The van der Waals surface area contributed by atoms with E-state index in [0.29, 0.717) is 56.0 Å². The smallest absolute Gasteiger partial charge is 0.193 e. The molecule has 14 heteroatoms. The summed E-state index contributed by atoms with van der Waals surface area (Å²) in [5.41, 5.74) is -0.772. The highest BCUT2D eigenvalue weighted by atomic mass is 16.5. The van der Waals surface area contributed by atoms with Crippen molar-refractivity contribution in [3.8, 4) is 11.5 Å². The van der Waals surface area contributed by atoms with Crippen molar-refractivity contribution in [1.82, 2.24) is 0 Å². The molecule has 0 heterocycles. The summed E-state index contributed by atoms with van der Waals surface area (Å²) in [6, 6.07) is 41.6. The van der Waals surface area contributed by atoms with Crippen LogP contribution in [0.3, 0.4) is 0 Å². The van der Waals surface area contributed by atoms with Gasteiger partial charge in [-0.05, 0) is 113 Å². The number of hydrogen-bond acceptors (Lipinski definition) is 14. The third-order valence-corrected chi connectivity index (χ3v) is 13.1. The Kier molecular flexibility index (Phi) is 18.8. The van der Waals surface area contributed by atoms with Crippen LogP contribution in [0, 0.1) is 0 Å². The lowest BCUT2D eigenvalue weighted by molar-refractivity contribution is -0.0122. The summed E-state index contributed by atoms with van der Waals surface area (Å²) in [6.45, 7) is 15.1. The Morgan fingerprint density at radius 3 is 0.779 bits per heavy atom. The van der Waals surface area contributed by atoms with Crippen LogP contribution < -0.4 is 9.47 Å². The Bertz CT molecular complexity index is 2590. The lowest BCUT2D eigenvalue weighted by atomic mass is 9.78. The number of ketones is 4. The van der Waals surface area contributed by atoms with Gasteiger partial charge in [0.2, 0.25) is 0 Å². The lowest BCUT2D eigenvalue weighted by Crippen LogP contribution is -2.31. The number of aliphatic hydroxyl groups is 6. The summed E-state index contributed by atoms with van der Waals surface area (Å²) in [6.07, 6.45) is -3.52. The van der Waals surface area contributed by atoms with Gasteiger partial charge in [-0.2, -0.15) is 0 Å². The summed E-state index contributed by atoms with van der Waals surface area (Å²) in [5.74, 6) is -0.700. The first-order valence-corrected chi connectivity index (χ1v) is 25.5. The number of rotatable bonds is 26. The van der Waals surface area contributed by atoms with Gasteiger partial charge < -0.3 is 49.6 Å².